The van der Waals surface area contributed by atoms with E-state index in [0.717, 1.165) is 17.7 Å². The number of fused-ring (bicyclic) bond motifs is 1. The molecular formula is C16H19F3N4O. The SMILES string of the molecule is CC(C)n1c(C(F)(F)F)nc2cc(C(=O)NCC3CNC3)ccc21. The number of carbonyl (C=O) groups excluding carboxylic acids is 1. The van der Waals surface area contributed by atoms with Gasteiger partial charge in [0.2, 0.25) is 5.82 Å². The molecule has 0 atom stereocenters. The first-order valence-corrected chi connectivity index (χ1v) is 7.85. The fourth-order valence-corrected chi connectivity index (χ4v) is 2.79. The van der Waals surface area contributed by atoms with Crippen LogP contribution in [0, 0.1) is 5.92 Å². The number of nitrogens with one attached hydrogen (secondary N) is 2. The Hall–Kier alpha value is -2.09. The smallest absolute Gasteiger partial charge is 0.352 e. The van der Waals surface area contributed by atoms with Crippen molar-refractivity contribution in [2.45, 2.75) is 26.1 Å². The van der Waals surface area contributed by atoms with Crippen molar-refractivity contribution in [1.29, 1.82) is 0 Å². The topological polar surface area (TPSA) is 59.0 Å². The molecule has 0 bridgehead atoms. The Morgan fingerprint density at radius 3 is 2.67 bits per heavy atom. The zero-order valence-electron chi connectivity index (χ0n) is 13.4. The van der Waals surface area contributed by atoms with Crippen LogP contribution in [-0.2, 0) is 6.18 Å². The van der Waals surface area contributed by atoms with Crippen LogP contribution in [0.5, 0.6) is 0 Å². The van der Waals surface area contributed by atoms with Gasteiger partial charge in [-0.2, -0.15) is 13.2 Å². The molecule has 3 rings (SSSR count). The summed E-state index contributed by atoms with van der Waals surface area (Å²) in [7, 11) is 0. The van der Waals surface area contributed by atoms with Crippen LogP contribution in [0.4, 0.5) is 13.2 Å². The number of hydrogen-bond donors (Lipinski definition) is 2. The maximum atomic E-state index is 13.2. The summed E-state index contributed by atoms with van der Waals surface area (Å²) >= 11 is 0. The average molecular weight is 340 g/mol. The summed E-state index contributed by atoms with van der Waals surface area (Å²) in [5.74, 6) is -0.822. The van der Waals surface area contributed by atoms with Crippen molar-refractivity contribution in [3.8, 4) is 0 Å². The lowest BCUT2D eigenvalue weighted by Gasteiger charge is -2.27. The fraction of sp³-hybridized carbons (Fsp3) is 0.500. The summed E-state index contributed by atoms with van der Waals surface area (Å²) in [5.41, 5.74) is 0.864. The minimum absolute atomic E-state index is 0.175. The lowest BCUT2D eigenvalue weighted by Crippen LogP contribution is -2.48. The first-order chi connectivity index (χ1) is 11.3. The third-order valence-corrected chi connectivity index (χ3v) is 4.14. The molecule has 0 unspecified atom stereocenters. The van der Waals surface area contributed by atoms with Crippen molar-refractivity contribution in [3.63, 3.8) is 0 Å². The van der Waals surface area contributed by atoms with Crippen LogP contribution in [0.15, 0.2) is 18.2 Å². The lowest BCUT2D eigenvalue weighted by molar-refractivity contribution is -0.147. The van der Waals surface area contributed by atoms with E-state index < -0.39 is 18.0 Å². The Bertz CT molecular complexity index is 763. The summed E-state index contributed by atoms with van der Waals surface area (Å²) in [4.78, 5) is 15.9. The number of benzene rings is 1. The maximum Gasteiger partial charge on any atom is 0.449 e. The number of nitrogens with zero attached hydrogens (tertiary/aromatic N) is 2. The standard InChI is InChI=1S/C16H19F3N4O/c1-9(2)23-13-4-3-11(14(24)21-8-10-6-20-7-10)5-12(13)22-15(23)16(17,18)19/h3-5,9-10,20H,6-8H2,1-2H3,(H,21,24). The van der Waals surface area contributed by atoms with Gasteiger partial charge >= 0.3 is 6.18 Å². The summed E-state index contributed by atoms with van der Waals surface area (Å²) < 4.78 is 40.7. The number of carbonyl (C=O) groups is 1. The third kappa shape index (κ3) is 3.10. The van der Waals surface area contributed by atoms with Gasteiger partial charge in [0, 0.05) is 37.2 Å². The van der Waals surface area contributed by atoms with Crippen LogP contribution in [0.1, 0.15) is 36.1 Å². The predicted molar refractivity (Wildman–Crippen MR) is 83.8 cm³/mol. The number of halogens is 3. The zero-order valence-corrected chi connectivity index (χ0v) is 13.4. The summed E-state index contributed by atoms with van der Waals surface area (Å²) in [6.07, 6.45) is -4.54. The Morgan fingerprint density at radius 2 is 2.12 bits per heavy atom. The fourth-order valence-electron chi connectivity index (χ4n) is 2.79. The molecule has 1 amide bonds. The second kappa shape index (κ2) is 6.08. The number of hydrogen-bond acceptors (Lipinski definition) is 3. The molecule has 5 nitrogen and oxygen atoms in total. The Labute approximate surface area is 137 Å². The highest BCUT2D eigenvalue weighted by Gasteiger charge is 2.38. The molecule has 1 fully saturated rings. The molecule has 1 aromatic carbocycles. The second-order valence-electron chi connectivity index (χ2n) is 6.33. The number of rotatable bonds is 4. The van der Waals surface area contributed by atoms with E-state index in [1.165, 1.54) is 18.2 Å². The Kier molecular flexibility index (Phi) is 4.25. The van der Waals surface area contributed by atoms with E-state index in [2.05, 4.69) is 15.6 Å². The first kappa shape index (κ1) is 16.8. The lowest BCUT2D eigenvalue weighted by atomic mass is 10.0. The van der Waals surface area contributed by atoms with Gasteiger partial charge in [0.25, 0.3) is 5.91 Å². The van der Waals surface area contributed by atoms with Crippen molar-refractivity contribution < 1.29 is 18.0 Å². The quantitative estimate of drug-likeness (QED) is 0.899. The van der Waals surface area contributed by atoms with Gasteiger partial charge in [-0.3, -0.25) is 4.79 Å². The minimum Gasteiger partial charge on any atom is -0.352 e. The Morgan fingerprint density at radius 1 is 1.42 bits per heavy atom. The van der Waals surface area contributed by atoms with Gasteiger partial charge in [-0.15, -0.1) is 0 Å². The molecule has 8 heteroatoms. The van der Waals surface area contributed by atoms with E-state index in [1.54, 1.807) is 13.8 Å². The molecule has 130 valence electrons. The summed E-state index contributed by atoms with van der Waals surface area (Å²) in [6.45, 7) is 5.63. The number of amides is 1. The highest BCUT2D eigenvalue weighted by molar-refractivity contribution is 5.97. The molecule has 1 saturated heterocycles. The molecule has 2 N–H and O–H groups in total. The maximum absolute atomic E-state index is 13.2. The van der Waals surface area contributed by atoms with Gasteiger partial charge in [0.05, 0.1) is 11.0 Å². The molecule has 0 aliphatic carbocycles. The van der Waals surface area contributed by atoms with Gasteiger partial charge in [-0.25, -0.2) is 4.98 Å². The minimum atomic E-state index is -4.54. The van der Waals surface area contributed by atoms with Crippen LogP contribution >= 0.6 is 0 Å². The number of imidazole rings is 1. The van der Waals surface area contributed by atoms with Gasteiger partial charge in [0.1, 0.15) is 0 Å². The first-order valence-electron chi connectivity index (χ1n) is 7.85. The third-order valence-electron chi connectivity index (χ3n) is 4.14. The van der Waals surface area contributed by atoms with Crippen LogP contribution in [-0.4, -0.2) is 35.1 Å². The monoisotopic (exact) mass is 340 g/mol. The highest BCUT2D eigenvalue weighted by atomic mass is 19.4. The molecule has 0 radical (unpaired) electrons. The summed E-state index contributed by atoms with van der Waals surface area (Å²) in [5, 5.41) is 5.92. The largest absolute Gasteiger partial charge is 0.449 e. The normalized spacial score (nSPS) is 15.8. The van der Waals surface area contributed by atoms with Crippen molar-refractivity contribution in [3.05, 3.63) is 29.6 Å². The van der Waals surface area contributed by atoms with Crippen molar-refractivity contribution in [2.75, 3.05) is 19.6 Å². The highest BCUT2D eigenvalue weighted by Crippen LogP contribution is 2.33. The predicted octanol–water partition coefficient (Wildman–Crippen LogP) is 2.59. The van der Waals surface area contributed by atoms with Crippen LogP contribution in [0.3, 0.4) is 0 Å². The van der Waals surface area contributed by atoms with Crippen molar-refractivity contribution in [1.82, 2.24) is 20.2 Å². The van der Waals surface area contributed by atoms with Crippen molar-refractivity contribution in [2.24, 2.45) is 5.92 Å². The van der Waals surface area contributed by atoms with Crippen molar-refractivity contribution >= 4 is 16.9 Å². The zero-order chi connectivity index (χ0) is 17.5. The van der Waals surface area contributed by atoms with Crippen LogP contribution in [0.2, 0.25) is 0 Å². The number of aromatic nitrogens is 2. The van der Waals surface area contributed by atoms with Gasteiger partial charge in [-0.1, -0.05) is 0 Å². The molecule has 1 aliphatic rings. The molecule has 24 heavy (non-hydrogen) atoms. The molecule has 0 saturated carbocycles. The van der Waals surface area contributed by atoms with E-state index in [9.17, 15) is 18.0 Å². The van der Waals surface area contributed by atoms with E-state index in [0.29, 0.717) is 23.5 Å². The summed E-state index contributed by atoms with van der Waals surface area (Å²) in [6, 6.07) is 4.09. The van der Waals surface area contributed by atoms with Crippen LogP contribution in [0.25, 0.3) is 11.0 Å². The molecule has 2 aromatic rings. The molecular weight excluding hydrogens is 321 g/mol. The average Bonchev–Trinajstić information content (AvgIpc) is 2.84. The molecule has 2 heterocycles. The molecule has 1 aliphatic heterocycles. The molecule has 0 spiro atoms. The van der Waals surface area contributed by atoms with Gasteiger partial charge < -0.3 is 15.2 Å². The van der Waals surface area contributed by atoms with E-state index in [1.807, 2.05) is 0 Å². The number of alkyl halides is 3. The van der Waals surface area contributed by atoms with Crippen LogP contribution < -0.4 is 10.6 Å². The molecule has 1 aromatic heterocycles. The second-order valence-corrected chi connectivity index (χ2v) is 6.33. The van der Waals surface area contributed by atoms with Gasteiger partial charge in [0.15, 0.2) is 0 Å². The van der Waals surface area contributed by atoms with E-state index >= 15 is 0 Å². The van der Waals surface area contributed by atoms with E-state index in [-0.39, 0.29) is 11.4 Å². The Balaban J connectivity index is 1.91. The van der Waals surface area contributed by atoms with E-state index in [4.69, 9.17) is 0 Å². The van der Waals surface area contributed by atoms with Gasteiger partial charge in [-0.05, 0) is 32.0 Å².